The molecule has 0 aliphatic heterocycles. The van der Waals surface area contributed by atoms with Crippen molar-refractivity contribution < 1.29 is 9.18 Å². The maximum Gasteiger partial charge on any atom is 0.261 e. The van der Waals surface area contributed by atoms with Crippen LogP contribution in [0.15, 0.2) is 48.7 Å². The van der Waals surface area contributed by atoms with Gasteiger partial charge in [0.15, 0.2) is 0 Å². The van der Waals surface area contributed by atoms with Gasteiger partial charge in [0.1, 0.15) is 17.2 Å². The van der Waals surface area contributed by atoms with Crippen LogP contribution in [0.4, 0.5) is 21.6 Å². The van der Waals surface area contributed by atoms with Crippen LogP contribution in [0.3, 0.4) is 0 Å². The van der Waals surface area contributed by atoms with Gasteiger partial charge in [0.2, 0.25) is 5.28 Å². The van der Waals surface area contributed by atoms with Crippen LogP contribution in [0, 0.1) is 5.82 Å². The zero-order chi connectivity index (χ0) is 21.5. The maximum atomic E-state index is 14.1. The molecule has 0 radical (unpaired) electrons. The molecule has 0 aliphatic rings. The first-order chi connectivity index (χ1) is 14.5. The monoisotopic (exact) mass is 446 g/mol. The van der Waals surface area contributed by atoms with E-state index in [1.54, 1.807) is 0 Å². The molecule has 0 aliphatic carbocycles. The predicted molar refractivity (Wildman–Crippen MR) is 119 cm³/mol. The van der Waals surface area contributed by atoms with Crippen molar-refractivity contribution in [2.45, 2.75) is 32.6 Å². The van der Waals surface area contributed by atoms with Gasteiger partial charge in [-0.15, -0.1) is 0 Å². The number of hydrogen-bond donors (Lipinski definition) is 2. The molecule has 1 amide bonds. The summed E-state index contributed by atoms with van der Waals surface area (Å²) < 4.78 is 14.1. The Balaban J connectivity index is 1.89. The van der Waals surface area contributed by atoms with E-state index in [9.17, 15) is 9.18 Å². The molecule has 1 aromatic heterocycles. The summed E-state index contributed by atoms with van der Waals surface area (Å²) in [6.07, 6.45) is 5.49. The van der Waals surface area contributed by atoms with E-state index >= 15 is 0 Å². The van der Waals surface area contributed by atoms with Crippen molar-refractivity contribution in [1.82, 2.24) is 9.97 Å². The molecule has 0 saturated heterocycles. The molecular weight excluding hydrogens is 426 g/mol. The number of aryl methyl sites for hydroxylation is 1. The molecule has 5 nitrogen and oxygen atoms in total. The Morgan fingerprint density at radius 3 is 2.67 bits per heavy atom. The highest BCUT2D eigenvalue weighted by molar-refractivity contribution is 6.34. The standard InChI is InChI=1S/C22H21Cl2FN4O/c1-2-3-4-8-14-9-5-6-12-18(14)27-20-15(13-26-22(24)29-20)21(30)28-19-16(23)10-7-11-17(19)25/h5-7,9-13H,2-4,8H2,1H3,(H,28,30)(H,26,27,29). The van der Waals surface area contributed by atoms with Gasteiger partial charge in [-0.2, -0.15) is 4.98 Å². The van der Waals surface area contributed by atoms with Crippen molar-refractivity contribution >= 4 is 46.3 Å². The van der Waals surface area contributed by atoms with Crippen LogP contribution in [0.2, 0.25) is 10.3 Å². The van der Waals surface area contributed by atoms with Crippen molar-refractivity contribution in [2.75, 3.05) is 10.6 Å². The molecule has 3 aromatic rings. The first kappa shape index (κ1) is 22.0. The van der Waals surface area contributed by atoms with Crippen LogP contribution in [-0.4, -0.2) is 15.9 Å². The van der Waals surface area contributed by atoms with E-state index in [1.165, 1.54) is 24.4 Å². The summed E-state index contributed by atoms with van der Waals surface area (Å²) in [6, 6.07) is 12.0. The number of benzene rings is 2. The van der Waals surface area contributed by atoms with Gasteiger partial charge >= 0.3 is 0 Å². The average Bonchev–Trinajstić information content (AvgIpc) is 2.72. The Labute approximate surface area is 184 Å². The molecule has 0 spiro atoms. The number of para-hydroxylation sites is 2. The lowest BCUT2D eigenvalue weighted by Crippen LogP contribution is -2.17. The zero-order valence-corrected chi connectivity index (χ0v) is 17.9. The first-order valence-corrected chi connectivity index (χ1v) is 10.4. The van der Waals surface area contributed by atoms with Gasteiger partial charge in [0, 0.05) is 11.9 Å². The lowest BCUT2D eigenvalue weighted by atomic mass is 10.1. The van der Waals surface area contributed by atoms with Gasteiger partial charge < -0.3 is 10.6 Å². The third kappa shape index (κ3) is 5.46. The number of carbonyl (C=O) groups excluding carboxylic acids is 1. The first-order valence-electron chi connectivity index (χ1n) is 9.62. The lowest BCUT2D eigenvalue weighted by Gasteiger charge is -2.15. The van der Waals surface area contributed by atoms with Crippen molar-refractivity contribution in [2.24, 2.45) is 0 Å². The Morgan fingerprint density at radius 1 is 1.10 bits per heavy atom. The Hall–Kier alpha value is -2.70. The quantitative estimate of drug-likeness (QED) is 0.300. The summed E-state index contributed by atoms with van der Waals surface area (Å²) in [4.78, 5) is 20.9. The van der Waals surface area contributed by atoms with Crippen LogP contribution in [0.5, 0.6) is 0 Å². The SMILES string of the molecule is CCCCCc1ccccc1Nc1nc(Cl)ncc1C(=O)Nc1c(F)cccc1Cl. The Kier molecular flexibility index (Phi) is 7.60. The third-order valence-electron chi connectivity index (χ3n) is 4.53. The average molecular weight is 447 g/mol. The topological polar surface area (TPSA) is 66.9 Å². The van der Waals surface area contributed by atoms with E-state index < -0.39 is 11.7 Å². The zero-order valence-electron chi connectivity index (χ0n) is 16.4. The van der Waals surface area contributed by atoms with E-state index in [0.29, 0.717) is 0 Å². The van der Waals surface area contributed by atoms with E-state index in [4.69, 9.17) is 23.2 Å². The normalized spacial score (nSPS) is 10.7. The molecule has 3 rings (SSSR count). The van der Waals surface area contributed by atoms with E-state index in [2.05, 4.69) is 27.5 Å². The van der Waals surface area contributed by atoms with Crippen LogP contribution >= 0.6 is 23.2 Å². The van der Waals surface area contributed by atoms with Gasteiger partial charge in [-0.1, -0.05) is 55.6 Å². The van der Waals surface area contributed by atoms with Gasteiger partial charge in [0.25, 0.3) is 5.91 Å². The number of nitrogens with zero attached hydrogens (tertiary/aromatic N) is 2. The minimum atomic E-state index is -0.637. The molecule has 0 atom stereocenters. The van der Waals surface area contributed by atoms with Crippen molar-refractivity contribution in [1.29, 1.82) is 0 Å². The fourth-order valence-corrected chi connectivity index (χ4v) is 3.32. The van der Waals surface area contributed by atoms with Gasteiger partial charge in [0.05, 0.1) is 10.7 Å². The third-order valence-corrected chi connectivity index (χ3v) is 5.02. The number of unbranched alkanes of at least 4 members (excludes halogenated alkanes) is 2. The predicted octanol–water partition coefficient (Wildman–Crippen LogP) is 6.65. The molecule has 0 bridgehead atoms. The molecule has 1 heterocycles. The fraction of sp³-hybridized carbons (Fsp3) is 0.227. The van der Waals surface area contributed by atoms with Gasteiger partial charge in [-0.3, -0.25) is 4.79 Å². The lowest BCUT2D eigenvalue weighted by molar-refractivity contribution is 0.102. The smallest absolute Gasteiger partial charge is 0.261 e. The van der Waals surface area contributed by atoms with Crippen LogP contribution in [0.25, 0.3) is 0 Å². The van der Waals surface area contributed by atoms with Crippen molar-refractivity contribution in [3.05, 3.63) is 75.9 Å². The number of halogens is 3. The minimum Gasteiger partial charge on any atom is -0.339 e. The minimum absolute atomic E-state index is 0.0126. The van der Waals surface area contributed by atoms with Crippen molar-refractivity contribution in [3.8, 4) is 0 Å². The summed E-state index contributed by atoms with van der Waals surface area (Å²) in [5, 5.41) is 5.75. The fourth-order valence-electron chi connectivity index (χ4n) is 2.97. The van der Waals surface area contributed by atoms with E-state index in [1.807, 2.05) is 24.3 Å². The van der Waals surface area contributed by atoms with Crippen molar-refractivity contribution in [3.63, 3.8) is 0 Å². The van der Waals surface area contributed by atoms with Crippen LogP contribution in [0.1, 0.15) is 42.1 Å². The highest BCUT2D eigenvalue weighted by atomic mass is 35.5. The number of amides is 1. The molecule has 30 heavy (non-hydrogen) atoms. The largest absolute Gasteiger partial charge is 0.339 e. The summed E-state index contributed by atoms with van der Waals surface area (Å²) in [7, 11) is 0. The summed E-state index contributed by atoms with van der Waals surface area (Å²) in [5.74, 6) is -1.02. The second-order valence-electron chi connectivity index (χ2n) is 6.69. The number of nitrogens with one attached hydrogen (secondary N) is 2. The molecular formula is C22H21Cl2FN4O. The molecule has 0 unspecified atom stereocenters. The molecule has 156 valence electrons. The Morgan fingerprint density at radius 2 is 1.90 bits per heavy atom. The molecule has 8 heteroatoms. The summed E-state index contributed by atoms with van der Waals surface area (Å²) >= 11 is 12.0. The van der Waals surface area contributed by atoms with Gasteiger partial charge in [-0.25, -0.2) is 9.37 Å². The van der Waals surface area contributed by atoms with E-state index in [-0.39, 0.29) is 27.4 Å². The summed E-state index contributed by atoms with van der Waals surface area (Å²) in [5.41, 5.74) is 1.93. The molecule has 2 N–H and O–H groups in total. The van der Waals surface area contributed by atoms with Crippen LogP contribution in [-0.2, 0) is 6.42 Å². The number of aromatic nitrogens is 2. The second kappa shape index (κ2) is 10.4. The number of carbonyl (C=O) groups is 1. The molecule has 2 aromatic carbocycles. The Bertz CT molecular complexity index is 1030. The maximum absolute atomic E-state index is 14.1. The van der Waals surface area contributed by atoms with E-state index in [0.717, 1.165) is 36.9 Å². The number of hydrogen-bond acceptors (Lipinski definition) is 4. The second-order valence-corrected chi connectivity index (χ2v) is 7.44. The van der Waals surface area contributed by atoms with Gasteiger partial charge in [-0.05, 0) is 48.2 Å². The molecule has 0 saturated carbocycles. The number of anilines is 3. The summed E-state index contributed by atoms with van der Waals surface area (Å²) in [6.45, 7) is 2.15. The molecule has 0 fully saturated rings. The highest BCUT2D eigenvalue weighted by Crippen LogP contribution is 2.28. The number of rotatable bonds is 8. The highest BCUT2D eigenvalue weighted by Gasteiger charge is 2.18. The van der Waals surface area contributed by atoms with Crippen LogP contribution < -0.4 is 10.6 Å².